The van der Waals surface area contributed by atoms with Crippen LogP contribution in [0, 0.1) is 5.41 Å². The Morgan fingerprint density at radius 2 is 1.67 bits per heavy atom. The largest absolute Gasteiger partial charge is 0.466 e. The molecule has 0 amide bonds. The third-order valence-electron chi connectivity index (χ3n) is 3.90. The van der Waals surface area contributed by atoms with E-state index in [1.165, 1.54) is 7.11 Å². The molecule has 2 aromatic rings. The van der Waals surface area contributed by atoms with E-state index in [1.807, 2.05) is 0 Å². The van der Waals surface area contributed by atoms with Crippen LogP contribution in [0.5, 0.6) is 5.75 Å². The van der Waals surface area contributed by atoms with Gasteiger partial charge in [-0.25, -0.2) is 9.59 Å². The molecule has 9 heteroatoms. The smallest absolute Gasteiger partial charge is 0.344 e. The number of anilines is 1. The summed E-state index contributed by atoms with van der Waals surface area (Å²) in [6.45, 7) is 1.19. The van der Waals surface area contributed by atoms with E-state index in [1.54, 1.807) is 55.5 Å². The van der Waals surface area contributed by atoms with Gasteiger partial charge in [-0.05, 0) is 48.9 Å². The Labute approximate surface area is 174 Å². The van der Waals surface area contributed by atoms with Gasteiger partial charge in [-0.2, -0.15) is 0 Å². The number of hydrogen-bond donors (Lipinski definition) is 3. The van der Waals surface area contributed by atoms with Gasteiger partial charge in [-0.15, -0.1) is 0 Å². The highest BCUT2D eigenvalue weighted by atomic mass is 16.6. The topological polar surface area (TPSA) is 141 Å². The SMILES string of the molecule is C.COC(=O)COC(=O)[C@@H](C)c1ccc(OC(=O)c2ccc(NC(=N)N)cc2)cc1. The first-order valence-corrected chi connectivity index (χ1v) is 8.57. The fourth-order valence-corrected chi connectivity index (χ4v) is 2.29. The summed E-state index contributed by atoms with van der Waals surface area (Å²) in [5.41, 5.74) is 6.78. The van der Waals surface area contributed by atoms with Gasteiger partial charge in [0.2, 0.25) is 0 Å². The van der Waals surface area contributed by atoms with Gasteiger partial charge in [-0.1, -0.05) is 19.6 Å². The zero-order valence-corrected chi connectivity index (χ0v) is 15.9. The van der Waals surface area contributed by atoms with Crippen molar-refractivity contribution in [1.82, 2.24) is 0 Å². The third-order valence-corrected chi connectivity index (χ3v) is 3.90. The molecule has 0 aromatic heterocycles. The molecule has 4 N–H and O–H groups in total. The monoisotopic (exact) mass is 415 g/mol. The van der Waals surface area contributed by atoms with Crippen molar-refractivity contribution in [1.29, 1.82) is 5.41 Å². The molecule has 0 bridgehead atoms. The fourth-order valence-electron chi connectivity index (χ4n) is 2.29. The van der Waals surface area contributed by atoms with Gasteiger partial charge in [0.05, 0.1) is 18.6 Å². The highest BCUT2D eigenvalue weighted by Gasteiger charge is 2.18. The lowest BCUT2D eigenvalue weighted by atomic mass is 10.0. The average molecular weight is 415 g/mol. The fraction of sp³-hybridized carbons (Fsp3) is 0.238. The van der Waals surface area contributed by atoms with Crippen molar-refractivity contribution in [2.24, 2.45) is 5.73 Å². The quantitative estimate of drug-likeness (QED) is 0.271. The molecule has 1 atom stereocenters. The summed E-state index contributed by atoms with van der Waals surface area (Å²) in [4.78, 5) is 35.2. The Hall–Kier alpha value is -3.88. The van der Waals surface area contributed by atoms with Crippen molar-refractivity contribution in [2.45, 2.75) is 20.3 Å². The molecule has 0 spiro atoms. The van der Waals surface area contributed by atoms with Crippen LogP contribution in [0.2, 0.25) is 0 Å². The van der Waals surface area contributed by atoms with Crippen molar-refractivity contribution in [3.8, 4) is 5.75 Å². The lowest BCUT2D eigenvalue weighted by Gasteiger charge is -2.12. The molecule has 0 saturated carbocycles. The summed E-state index contributed by atoms with van der Waals surface area (Å²) >= 11 is 0. The molecule has 30 heavy (non-hydrogen) atoms. The number of esters is 3. The molecule has 0 saturated heterocycles. The minimum absolute atomic E-state index is 0. The van der Waals surface area contributed by atoms with Gasteiger partial charge < -0.3 is 25.3 Å². The molecular formula is C21H25N3O6. The van der Waals surface area contributed by atoms with Crippen molar-refractivity contribution >= 4 is 29.6 Å². The van der Waals surface area contributed by atoms with E-state index in [0.717, 1.165) is 0 Å². The minimum Gasteiger partial charge on any atom is -0.466 e. The minimum atomic E-state index is -0.641. The normalized spacial score (nSPS) is 10.7. The molecule has 9 nitrogen and oxygen atoms in total. The molecule has 160 valence electrons. The van der Waals surface area contributed by atoms with Crippen LogP contribution in [-0.2, 0) is 19.1 Å². The standard InChI is InChI=1S/C20H21N3O6.CH4/c1-12(18(25)28-11-17(24)27-2)13-5-9-16(10-6-13)29-19(26)14-3-7-15(8-4-14)23-20(21)22;/h3-10,12H,11H2,1-2H3,(H4,21,22,23);1H4/t12-;/m0./s1. The predicted molar refractivity (Wildman–Crippen MR) is 112 cm³/mol. The molecule has 0 unspecified atom stereocenters. The third kappa shape index (κ3) is 6.93. The molecule has 0 fully saturated rings. The first-order chi connectivity index (χ1) is 13.8. The average Bonchev–Trinajstić information content (AvgIpc) is 2.71. The Bertz CT molecular complexity index is 894. The predicted octanol–water partition coefficient (Wildman–Crippen LogP) is 2.67. The summed E-state index contributed by atoms with van der Waals surface area (Å²) in [6, 6.07) is 12.7. The highest BCUT2D eigenvalue weighted by molar-refractivity contribution is 5.93. The summed E-state index contributed by atoms with van der Waals surface area (Å²) in [7, 11) is 1.21. The molecule has 0 aliphatic heterocycles. The number of ether oxygens (including phenoxy) is 3. The molecular weight excluding hydrogens is 390 g/mol. The number of guanidine groups is 1. The van der Waals surface area contributed by atoms with E-state index >= 15 is 0 Å². The summed E-state index contributed by atoms with van der Waals surface area (Å²) in [6.07, 6.45) is 0. The molecule has 2 rings (SSSR count). The maximum absolute atomic E-state index is 12.2. The van der Waals surface area contributed by atoms with Crippen molar-refractivity contribution < 1.29 is 28.6 Å². The van der Waals surface area contributed by atoms with E-state index < -0.39 is 30.4 Å². The number of methoxy groups -OCH3 is 1. The van der Waals surface area contributed by atoms with Crippen molar-refractivity contribution in [3.05, 3.63) is 59.7 Å². The Kier molecular flexibility index (Phi) is 9.02. The second kappa shape index (κ2) is 11.2. The van der Waals surface area contributed by atoms with Gasteiger partial charge in [0.25, 0.3) is 0 Å². The van der Waals surface area contributed by atoms with Gasteiger partial charge >= 0.3 is 17.9 Å². The van der Waals surface area contributed by atoms with Gasteiger partial charge in [0.15, 0.2) is 12.6 Å². The van der Waals surface area contributed by atoms with Crippen LogP contribution in [0.1, 0.15) is 36.2 Å². The van der Waals surface area contributed by atoms with Gasteiger partial charge in [0, 0.05) is 5.69 Å². The lowest BCUT2D eigenvalue weighted by molar-refractivity contribution is -0.157. The zero-order chi connectivity index (χ0) is 21.4. The van der Waals surface area contributed by atoms with Gasteiger partial charge in [-0.3, -0.25) is 10.2 Å². The highest BCUT2D eigenvalue weighted by Crippen LogP contribution is 2.21. The van der Waals surface area contributed by atoms with Gasteiger partial charge in [0.1, 0.15) is 5.75 Å². The number of benzene rings is 2. The Morgan fingerprint density at radius 1 is 1.07 bits per heavy atom. The second-order valence-corrected chi connectivity index (χ2v) is 5.98. The Morgan fingerprint density at radius 3 is 2.20 bits per heavy atom. The molecule has 0 heterocycles. The molecule has 0 aliphatic rings. The summed E-state index contributed by atoms with van der Waals surface area (Å²) in [5.74, 6) is -2.27. The van der Waals surface area contributed by atoms with Crippen LogP contribution in [-0.4, -0.2) is 37.6 Å². The van der Waals surface area contributed by atoms with E-state index in [2.05, 4.69) is 10.1 Å². The number of carbonyl (C=O) groups excluding carboxylic acids is 3. The summed E-state index contributed by atoms with van der Waals surface area (Å²) < 4.78 is 14.6. The number of nitrogens with one attached hydrogen (secondary N) is 2. The molecule has 0 aliphatic carbocycles. The van der Waals surface area contributed by atoms with Crippen LogP contribution in [0.3, 0.4) is 0 Å². The lowest BCUT2D eigenvalue weighted by Crippen LogP contribution is -2.20. The molecule has 2 aromatic carbocycles. The Balaban J connectivity index is 0.00000450. The summed E-state index contributed by atoms with van der Waals surface area (Å²) in [5, 5.41) is 9.78. The van der Waals surface area contributed by atoms with Crippen LogP contribution >= 0.6 is 0 Å². The second-order valence-electron chi connectivity index (χ2n) is 5.98. The first-order valence-electron chi connectivity index (χ1n) is 8.57. The maximum atomic E-state index is 12.2. The van der Waals surface area contributed by atoms with Crippen LogP contribution in [0.4, 0.5) is 5.69 Å². The van der Waals surface area contributed by atoms with E-state index in [0.29, 0.717) is 22.6 Å². The van der Waals surface area contributed by atoms with E-state index in [4.69, 9.17) is 20.6 Å². The van der Waals surface area contributed by atoms with Crippen molar-refractivity contribution in [3.63, 3.8) is 0 Å². The number of carbonyl (C=O) groups is 3. The number of rotatable bonds is 7. The van der Waals surface area contributed by atoms with E-state index in [-0.39, 0.29) is 13.4 Å². The van der Waals surface area contributed by atoms with Crippen LogP contribution in [0.25, 0.3) is 0 Å². The van der Waals surface area contributed by atoms with Crippen LogP contribution in [0.15, 0.2) is 48.5 Å². The maximum Gasteiger partial charge on any atom is 0.344 e. The van der Waals surface area contributed by atoms with E-state index in [9.17, 15) is 14.4 Å². The van der Waals surface area contributed by atoms with Crippen LogP contribution < -0.4 is 15.8 Å². The van der Waals surface area contributed by atoms with Crippen molar-refractivity contribution in [2.75, 3.05) is 19.0 Å². The number of nitrogens with two attached hydrogens (primary N) is 1. The zero-order valence-electron chi connectivity index (χ0n) is 15.9. The first kappa shape index (κ1) is 24.2. The number of hydrogen-bond acceptors (Lipinski definition) is 7. The molecule has 0 radical (unpaired) electrons.